The molecule has 0 aliphatic heterocycles. The van der Waals surface area contributed by atoms with E-state index in [4.69, 9.17) is 21.4 Å². The maximum absolute atomic E-state index is 11.4. The number of benzene rings is 1. The first-order chi connectivity index (χ1) is 8.54. The Morgan fingerprint density at radius 3 is 2.78 bits per heavy atom. The molecule has 0 unspecified atom stereocenters. The van der Waals surface area contributed by atoms with Crippen molar-refractivity contribution in [2.75, 3.05) is 25.6 Å². The molecule has 0 atom stereocenters. The van der Waals surface area contributed by atoms with E-state index in [-0.39, 0.29) is 10.6 Å². The SMILES string of the molecule is COCCNC(=O)Nc1ccc(Cl)c(C(=O)O)c1. The molecule has 0 saturated carbocycles. The second-order valence-electron chi connectivity index (χ2n) is 3.37. The van der Waals surface area contributed by atoms with Crippen molar-refractivity contribution < 1.29 is 19.4 Å². The van der Waals surface area contributed by atoms with Gasteiger partial charge in [-0.2, -0.15) is 0 Å². The van der Waals surface area contributed by atoms with E-state index in [1.54, 1.807) is 0 Å². The van der Waals surface area contributed by atoms with Crippen molar-refractivity contribution in [3.63, 3.8) is 0 Å². The number of anilines is 1. The zero-order valence-electron chi connectivity index (χ0n) is 9.70. The first-order valence-electron chi connectivity index (χ1n) is 5.11. The smallest absolute Gasteiger partial charge is 0.337 e. The number of carbonyl (C=O) groups excluding carboxylic acids is 1. The molecule has 0 aliphatic rings. The van der Waals surface area contributed by atoms with Crippen LogP contribution in [-0.4, -0.2) is 37.4 Å². The van der Waals surface area contributed by atoms with Gasteiger partial charge in [-0.3, -0.25) is 0 Å². The van der Waals surface area contributed by atoms with Crippen molar-refractivity contribution in [3.05, 3.63) is 28.8 Å². The van der Waals surface area contributed by atoms with Crippen molar-refractivity contribution in [1.29, 1.82) is 0 Å². The van der Waals surface area contributed by atoms with Crippen LogP contribution in [0.3, 0.4) is 0 Å². The van der Waals surface area contributed by atoms with Gasteiger partial charge in [0.05, 0.1) is 17.2 Å². The Hall–Kier alpha value is -1.79. The highest BCUT2D eigenvalue weighted by Crippen LogP contribution is 2.20. The van der Waals surface area contributed by atoms with Gasteiger partial charge in [-0.05, 0) is 18.2 Å². The average Bonchev–Trinajstić information content (AvgIpc) is 2.31. The molecule has 3 N–H and O–H groups in total. The number of nitrogens with one attached hydrogen (secondary N) is 2. The minimum Gasteiger partial charge on any atom is -0.478 e. The molecule has 0 saturated heterocycles. The van der Waals surface area contributed by atoms with Gasteiger partial charge in [0.25, 0.3) is 0 Å². The van der Waals surface area contributed by atoms with E-state index in [0.717, 1.165) is 0 Å². The highest BCUT2D eigenvalue weighted by atomic mass is 35.5. The molecule has 0 bridgehead atoms. The highest BCUT2D eigenvalue weighted by molar-refractivity contribution is 6.33. The number of carbonyl (C=O) groups is 2. The molecule has 1 aromatic rings. The number of carboxylic acids is 1. The number of rotatable bonds is 5. The van der Waals surface area contributed by atoms with E-state index in [9.17, 15) is 9.59 Å². The fourth-order valence-electron chi connectivity index (χ4n) is 1.21. The normalized spacial score (nSPS) is 9.89. The number of urea groups is 1. The molecule has 0 aliphatic carbocycles. The zero-order valence-corrected chi connectivity index (χ0v) is 10.5. The van der Waals surface area contributed by atoms with Crippen molar-refractivity contribution in [3.8, 4) is 0 Å². The summed E-state index contributed by atoms with van der Waals surface area (Å²) in [4.78, 5) is 22.2. The predicted molar refractivity (Wildman–Crippen MR) is 67.3 cm³/mol. The number of methoxy groups -OCH3 is 1. The minimum atomic E-state index is -1.15. The maximum Gasteiger partial charge on any atom is 0.337 e. The molecule has 18 heavy (non-hydrogen) atoms. The molecular weight excluding hydrogens is 260 g/mol. The second kappa shape index (κ2) is 6.83. The Morgan fingerprint density at radius 1 is 1.44 bits per heavy atom. The Labute approximate surface area is 109 Å². The maximum atomic E-state index is 11.4. The summed E-state index contributed by atoms with van der Waals surface area (Å²) in [7, 11) is 1.53. The molecule has 0 fully saturated rings. The topological polar surface area (TPSA) is 87.7 Å². The number of amides is 2. The molecule has 0 heterocycles. The van der Waals surface area contributed by atoms with Gasteiger partial charge in [0.2, 0.25) is 0 Å². The van der Waals surface area contributed by atoms with Crippen LogP contribution in [0.25, 0.3) is 0 Å². The molecule has 1 rings (SSSR count). The lowest BCUT2D eigenvalue weighted by Crippen LogP contribution is -2.31. The first kappa shape index (κ1) is 14.3. The van der Waals surface area contributed by atoms with Crippen LogP contribution in [0, 0.1) is 0 Å². The number of halogens is 1. The zero-order chi connectivity index (χ0) is 13.5. The molecule has 2 amide bonds. The van der Waals surface area contributed by atoms with E-state index in [0.29, 0.717) is 18.8 Å². The van der Waals surface area contributed by atoms with Gasteiger partial charge in [0.1, 0.15) is 0 Å². The Morgan fingerprint density at radius 2 is 2.17 bits per heavy atom. The summed E-state index contributed by atoms with van der Waals surface area (Å²) in [5, 5.41) is 14.0. The third-order valence-electron chi connectivity index (χ3n) is 2.05. The van der Waals surface area contributed by atoms with Crippen LogP contribution in [0.4, 0.5) is 10.5 Å². The van der Waals surface area contributed by atoms with Crippen molar-refractivity contribution in [2.45, 2.75) is 0 Å². The van der Waals surface area contributed by atoms with Gasteiger partial charge in [0.15, 0.2) is 0 Å². The molecule has 0 aromatic heterocycles. The van der Waals surface area contributed by atoms with Crippen LogP contribution in [0.15, 0.2) is 18.2 Å². The molecule has 7 heteroatoms. The van der Waals surface area contributed by atoms with Crippen LogP contribution in [0.1, 0.15) is 10.4 Å². The van der Waals surface area contributed by atoms with Crippen LogP contribution in [0.5, 0.6) is 0 Å². The molecule has 6 nitrogen and oxygen atoms in total. The van der Waals surface area contributed by atoms with Gasteiger partial charge in [0, 0.05) is 19.3 Å². The summed E-state index contributed by atoms with van der Waals surface area (Å²) in [6.07, 6.45) is 0. The summed E-state index contributed by atoms with van der Waals surface area (Å²) in [5.74, 6) is -1.15. The molecule has 0 spiro atoms. The van der Waals surface area contributed by atoms with Crippen LogP contribution < -0.4 is 10.6 Å². The second-order valence-corrected chi connectivity index (χ2v) is 3.78. The first-order valence-corrected chi connectivity index (χ1v) is 5.49. The molecule has 98 valence electrons. The van der Waals surface area contributed by atoms with Gasteiger partial charge in [-0.15, -0.1) is 0 Å². The molecular formula is C11H13ClN2O4. The fourth-order valence-corrected chi connectivity index (χ4v) is 1.41. The lowest BCUT2D eigenvalue weighted by molar-refractivity contribution is 0.0697. The molecule has 0 radical (unpaired) electrons. The predicted octanol–water partition coefficient (Wildman–Crippen LogP) is 1.81. The summed E-state index contributed by atoms with van der Waals surface area (Å²) in [6.45, 7) is 0.760. The third-order valence-corrected chi connectivity index (χ3v) is 2.38. The van der Waals surface area contributed by atoms with E-state index < -0.39 is 12.0 Å². The van der Waals surface area contributed by atoms with Gasteiger partial charge in [-0.25, -0.2) is 9.59 Å². The number of hydrogen-bond acceptors (Lipinski definition) is 3. The van der Waals surface area contributed by atoms with E-state index in [1.807, 2.05) is 0 Å². The summed E-state index contributed by atoms with van der Waals surface area (Å²) in [6, 6.07) is 3.78. The van der Waals surface area contributed by atoms with Crippen LogP contribution in [0.2, 0.25) is 5.02 Å². The van der Waals surface area contributed by atoms with Crippen LogP contribution >= 0.6 is 11.6 Å². The minimum absolute atomic E-state index is 0.0636. The number of aromatic carboxylic acids is 1. The van der Waals surface area contributed by atoms with E-state index in [1.165, 1.54) is 25.3 Å². The summed E-state index contributed by atoms with van der Waals surface area (Å²) in [5.41, 5.74) is 0.290. The fraction of sp³-hybridized carbons (Fsp3) is 0.273. The number of ether oxygens (including phenoxy) is 1. The Kier molecular flexibility index (Phi) is 5.41. The molecule has 1 aromatic carbocycles. The number of carboxylic acid groups (broad SMARTS) is 1. The standard InChI is InChI=1S/C11H13ClN2O4/c1-18-5-4-13-11(17)14-7-2-3-9(12)8(6-7)10(15)16/h2-3,6H,4-5H2,1H3,(H,15,16)(H2,13,14,17). The van der Waals surface area contributed by atoms with E-state index >= 15 is 0 Å². The lowest BCUT2D eigenvalue weighted by atomic mass is 10.2. The van der Waals surface area contributed by atoms with Crippen molar-refractivity contribution >= 4 is 29.3 Å². The number of hydrogen-bond donors (Lipinski definition) is 3. The third kappa shape index (κ3) is 4.23. The highest BCUT2D eigenvalue weighted by Gasteiger charge is 2.10. The Balaban J connectivity index is 2.65. The van der Waals surface area contributed by atoms with Gasteiger partial charge < -0.3 is 20.5 Å². The quantitative estimate of drug-likeness (QED) is 0.713. The lowest BCUT2D eigenvalue weighted by Gasteiger charge is -2.08. The Bertz CT molecular complexity index is 451. The largest absolute Gasteiger partial charge is 0.478 e. The van der Waals surface area contributed by atoms with Crippen molar-refractivity contribution in [1.82, 2.24) is 5.32 Å². The van der Waals surface area contributed by atoms with Gasteiger partial charge >= 0.3 is 12.0 Å². The summed E-state index contributed by atoms with van der Waals surface area (Å²) >= 11 is 5.70. The van der Waals surface area contributed by atoms with Gasteiger partial charge in [-0.1, -0.05) is 11.6 Å². The van der Waals surface area contributed by atoms with E-state index in [2.05, 4.69) is 10.6 Å². The van der Waals surface area contributed by atoms with Crippen molar-refractivity contribution in [2.24, 2.45) is 0 Å². The summed E-state index contributed by atoms with van der Waals surface area (Å²) < 4.78 is 4.77. The van der Waals surface area contributed by atoms with Crippen LogP contribution in [-0.2, 0) is 4.74 Å². The average molecular weight is 273 g/mol. The monoisotopic (exact) mass is 272 g/mol.